The second-order valence-corrected chi connectivity index (χ2v) is 4.46. The Hall–Kier alpha value is -1.96. The van der Waals surface area contributed by atoms with Crippen LogP contribution in [0.15, 0.2) is 42.5 Å². The fourth-order valence-corrected chi connectivity index (χ4v) is 2.01. The summed E-state index contributed by atoms with van der Waals surface area (Å²) in [5.74, 6) is 1.64. The maximum absolute atomic E-state index is 5.76. The molecule has 0 spiro atoms. The van der Waals surface area contributed by atoms with Gasteiger partial charge in [-0.05, 0) is 31.5 Å². The fourth-order valence-electron chi connectivity index (χ4n) is 2.01. The van der Waals surface area contributed by atoms with Crippen LogP contribution in [-0.4, -0.2) is 7.11 Å². The fraction of sp³-hybridized carbons (Fsp3) is 0.250. The van der Waals surface area contributed by atoms with E-state index in [0.29, 0.717) is 6.61 Å². The zero-order valence-electron chi connectivity index (χ0n) is 11.1. The normalized spacial score (nSPS) is 10.2. The molecule has 0 saturated heterocycles. The number of methoxy groups -OCH3 is 1. The van der Waals surface area contributed by atoms with E-state index < -0.39 is 0 Å². The van der Waals surface area contributed by atoms with Gasteiger partial charge in [-0.25, -0.2) is 0 Å². The van der Waals surface area contributed by atoms with Crippen molar-refractivity contribution in [3.8, 4) is 11.5 Å². The summed E-state index contributed by atoms with van der Waals surface area (Å²) < 4.78 is 10.9. The van der Waals surface area contributed by atoms with Crippen molar-refractivity contribution in [1.82, 2.24) is 0 Å². The predicted octanol–water partition coefficient (Wildman–Crippen LogP) is 3.89. The lowest BCUT2D eigenvalue weighted by Crippen LogP contribution is -1.97. The lowest BCUT2D eigenvalue weighted by molar-refractivity contribution is 0.303. The van der Waals surface area contributed by atoms with Crippen LogP contribution in [0.25, 0.3) is 0 Å². The molecule has 0 fully saturated rings. The Bertz CT molecular complexity index is 512. The summed E-state index contributed by atoms with van der Waals surface area (Å²) >= 11 is 0. The third-order valence-electron chi connectivity index (χ3n) is 2.73. The first-order chi connectivity index (χ1) is 8.67. The first kappa shape index (κ1) is 12.5. The largest absolute Gasteiger partial charge is 0.497 e. The second kappa shape index (κ2) is 5.58. The lowest BCUT2D eigenvalue weighted by atomic mass is 10.1. The Morgan fingerprint density at radius 1 is 0.889 bits per heavy atom. The number of hydrogen-bond acceptors (Lipinski definition) is 2. The smallest absolute Gasteiger partial charge is 0.123 e. The zero-order valence-corrected chi connectivity index (χ0v) is 11.1. The first-order valence-corrected chi connectivity index (χ1v) is 6.01. The summed E-state index contributed by atoms with van der Waals surface area (Å²) in [6, 6.07) is 14.1. The van der Waals surface area contributed by atoms with Gasteiger partial charge in [0.05, 0.1) is 7.11 Å². The topological polar surface area (TPSA) is 18.5 Å². The van der Waals surface area contributed by atoms with Gasteiger partial charge in [-0.2, -0.15) is 0 Å². The van der Waals surface area contributed by atoms with Crippen molar-refractivity contribution < 1.29 is 9.47 Å². The van der Waals surface area contributed by atoms with Crippen LogP contribution >= 0.6 is 0 Å². The molecule has 18 heavy (non-hydrogen) atoms. The average molecular weight is 242 g/mol. The van der Waals surface area contributed by atoms with Crippen molar-refractivity contribution >= 4 is 0 Å². The highest BCUT2D eigenvalue weighted by atomic mass is 16.5. The Morgan fingerprint density at radius 2 is 1.56 bits per heavy atom. The van der Waals surface area contributed by atoms with E-state index in [1.54, 1.807) is 7.11 Å². The molecule has 0 bridgehead atoms. The van der Waals surface area contributed by atoms with Gasteiger partial charge in [-0.15, -0.1) is 0 Å². The number of hydrogen-bond donors (Lipinski definition) is 0. The molecule has 2 heteroatoms. The second-order valence-electron chi connectivity index (χ2n) is 4.46. The summed E-state index contributed by atoms with van der Waals surface area (Å²) in [4.78, 5) is 0. The highest BCUT2D eigenvalue weighted by Crippen LogP contribution is 2.20. The molecule has 0 aliphatic rings. The van der Waals surface area contributed by atoms with Crippen molar-refractivity contribution in [1.29, 1.82) is 0 Å². The molecule has 0 aliphatic heterocycles. The molecule has 0 heterocycles. The molecular formula is C16H18O2. The highest BCUT2D eigenvalue weighted by Gasteiger charge is 1.99. The summed E-state index contributed by atoms with van der Waals surface area (Å²) in [6.45, 7) is 4.78. The van der Waals surface area contributed by atoms with E-state index in [0.717, 1.165) is 11.5 Å². The van der Waals surface area contributed by atoms with Gasteiger partial charge in [0.1, 0.15) is 18.1 Å². The van der Waals surface area contributed by atoms with Gasteiger partial charge in [-0.3, -0.25) is 0 Å². The van der Waals surface area contributed by atoms with Gasteiger partial charge in [0.2, 0.25) is 0 Å². The Kier molecular flexibility index (Phi) is 3.88. The van der Waals surface area contributed by atoms with Gasteiger partial charge in [-0.1, -0.05) is 35.4 Å². The summed E-state index contributed by atoms with van der Waals surface area (Å²) in [5, 5.41) is 0. The van der Waals surface area contributed by atoms with Crippen molar-refractivity contribution in [2.75, 3.05) is 7.11 Å². The molecule has 0 N–H and O–H groups in total. The van der Waals surface area contributed by atoms with Crippen LogP contribution in [0, 0.1) is 13.8 Å². The van der Waals surface area contributed by atoms with Gasteiger partial charge in [0.15, 0.2) is 0 Å². The standard InChI is InChI=1S/C16H18O2/c1-12-7-13(2)9-14(8-12)11-18-16-6-4-5-15(10-16)17-3/h4-10H,11H2,1-3H3. The van der Waals surface area contributed by atoms with Crippen LogP contribution in [0.4, 0.5) is 0 Å². The first-order valence-electron chi connectivity index (χ1n) is 6.01. The Labute approximate surface area is 108 Å². The van der Waals surface area contributed by atoms with Gasteiger partial charge < -0.3 is 9.47 Å². The average Bonchev–Trinajstić information content (AvgIpc) is 2.35. The molecule has 0 saturated carbocycles. The van der Waals surface area contributed by atoms with E-state index >= 15 is 0 Å². The quantitative estimate of drug-likeness (QED) is 0.809. The molecule has 2 aromatic carbocycles. The number of benzene rings is 2. The third-order valence-corrected chi connectivity index (χ3v) is 2.73. The molecule has 0 radical (unpaired) electrons. The van der Waals surface area contributed by atoms with E-state index in [9.17, 15) is 0 Å². The summed E-state index contributed by atoms with van der Waals surface area (Å²) in [7, 11) is 1.66. The molecule has 2 rings (SSSR count). The van der Waals surface area contributed by atoms with E-state index in [2.05, 4.69) is 32.0 Å². The molecule has 0 amide bonds. The van der Waals surface area contributed by atoms with E-state index in [1.807, 2.05) is 24.3 Å². The number of aryl methyl sites for hydroxylation is 2. The third kappa shape index (κ3) is 3.27. The van der Waals surface area contributed by atoms with E-state index in [1.165, 1.54) is 16.7 Å². The maximum atomic E-state index is 5.76. The molecule has 2 aromatic rings. The lowest BCUT2D eigenvalue weighted by Gasteiger charge is -2.09. The van der Waals surface area contributed by atoms with Crippen LogP contribution in [0.2, 0.25) is 0 Å². The summed E-state index contributed by atoms with van der Waals surface area (Å²) in [5.41, 5.74) is 3.72. The van der Waals surface area contributed by atoms with Gasteiger partial charge >= 0.3 is 0 Å². The molecule has 0 aromatic heterocycles. The molecule has 94 valence electrons. The van der Waals surface area contributed by atoms with Crippen LogP contribution in [0.5, 0.6) is 11.5 Å². The highest BCUT2D eigenvalue weighted by molar-refractivity contribution is 5.33. The molecule has 0 aliphatic carbocycles. The van der Waals surface area contributed by atoms with E-state index in [4.69, 9.17) is 9.47 Å². The Morgan fingerprint density at radius 3 is 2.22 bits per heavy atom. The minimum Gasteiger partial charge on any atom is -0.497 e. The SMILES string of the molecule is COc1cccc(OCc2cc(C)cc(C)c2)c1. The minimum atomic E-state index is 0.579. The van der Waals surface area contributed by atoms with Crippen molar-refractivity contribution in [2.45, 2.75) is 20.5 Å². The maximum Gasteiger partial charge on any atom is 0.123 e. The van der Waals surface area contributed by atoms with Crippen LogP contribution in [0.1, 0.15) is 16.7 Å². The Balaban J connectivity index is 2.06. The van der Waals surface area contributed by atoms with Crippen molar-refractivity contribution in [2.24, 2.45) is 0 Å². The van der Waals surface area contributed by atoms with Gasteiger partial charge in [0.25, 0.3) is 0 Å². The zero-order chi connectivity index (χ0) is 13.0. The monoisotopic (exact) mass is 242 g/mol. The van der Waals surface area contributed by atoms with Crippen LogP contribution < -0.4 is 9.47 Å². The van der Waals surface area contributed by atoms with E-state index in [-0.39, 0.29) is 0 Å². The minimum absolute atomic E-state index is 0.579. The summed E-state index contributed by atoms with van der Waals surface area (Å²) in [6.07, 6.45) is 0. The van der Waals surface area contributed by atoms with Crippen LogP contribution in [-0.2, 0) is 6.61 Å². The number of rotatable bonds is 4. The van der Waals surface area contributed by atoms with Crippen molar-refractivity contribution in [3.63, 3.8) is 0 Å². The molecular weight excluding hydrogens is 224 g/mol. The van der Waals surface area contributed by atoms with Crippen LogP contribution in [0.3, 0.4) is 0 Å². The predicted molar refractivity (Wildman–Crippen MR) is 73.2 cm³/mol. The molecule has 2 nitrogen and oxygen atoms in total. The van der Waals surface area contributed by atoms with Gasteiger partial charge in [0, 0.05) is 6.07 Å². The number of ether oxygens (including phenoxy) is 2. The molecule has 0 unspecified atom stereocenters. The van der Waals surface area contributed by atoms with Crippen molar-refractivity contribution in [3.05, 3.63) is 59.2 Å². The molecule has 0 atom stereocenters.